The van der Waals surface area contributed by atoms with Crippen LogP contribution in [0.4, 0.5) is 0 Å². The Labute approximate surface area is 118 Å². The van der Waals surface area contributed by atoms with E-state index in [9.17, 15) is 4.79 Å². The van der Waals surface area contributed by atoms with Gasteiger partial charge in [-0.1, -0.05) is 18.2 Å². The SMILES string of the molecule is O=C(CC1CNCCO1)N1CCOc2ccccc2C1. The Kier molecular flexibility index (Phi) is 4.18. The van der Waals surface area contributed by atoms with E-state index in [4.69, 9.17) is 9.47 Å². The highest BCUT2D eigenvalue weighted by Crippen LogP contribution is 2.23. The number of para-hydroxylation sites is 1. The average molecular weight is 276 g/mol. The van der Waals surface area contributed by atoms with E-state index in [1.165, 1.54) is 0 Å². The first-order chi connectivity index (χ1) is 9.83. The number of rotatable bonds is 2. The molecule has 1 aromatic carbocycles. The molecule has 1 fully saturated rings. The molecular formula is C15H20N2O3. The van der Waals surface area contributed by atoms with E-state index in [0.717, 1.165) is 24.4 Å². The van der Waals surface area contributed by atoms with E-state index in [-0.39, 0.29) is 12.0 Å². The first kappa shape index (κ1) is 13.4. The Morgan fingerprint density at radius 1 is 1.35 bits per heavy atom. The summed E-state index contributed by atoms with van der Waals surface area (Å²) in [6.45, 7) is 4.11. The number of nitrogens with zero attached hydrogens (tertiary/aromatic N) is 1. The Hall–Kier alpha value is -1.59. The summed E-state index contributed by atoms with van der Waals surface area (Å²) in [6, 6.07) is 7.90. The topological polar surface area (TPSA) is 50.8 Å². The predicted molar refractivity (Wildman–Crippen MR) is 74.6 cm³/mol. The summed E-state index contributed by atoms with van der Waals surface area (Å²) < 4.78 is 11.3. The van der Waals surface area contributed by atoms with E-state index >= 15 is 0 Å². The number of fused-ring (bicyclic) bond motifs is 1. The first-order valence-corrected chi connectivity index (χ1v) is 7.14. The molecule has 1 unspecified atom stereocenters. The molecule has 3 rings (SSSR count). The van der Waals surface area contributed by atoms with Gasteiger partial charge in [-0.2, -0.15) is 0 Å². The van der Waals surface area contributed by atoms with Gasteiger partial charge in [-0.3, -0.25) is 4.79 Å². The van der Waals surface area contributed by atoms with Crippen molar-refractivity contribution in [2.24, 2.45) is 0 Å². The molecule has 0 spiro atoms. The summed E-state index contributed by atoms with van der Waals surface area (Å²) in [5.41, 5.74) is 1.07. The van der Waals surface area contributed by atoms with Crippen LogP contribution in [0.1, 0.15) is 12.0 Å². The molecule has 1 amide bonds. The van der Waals surface area contributed by atoms with Crippen LogP contribution in [0, 0.1) is 0 Å². The second kappa shape index (κ2) is 6.24. The van der Waals surface area contributed by atoms with E-state index < -0.39 is 0 Å². The highest BCUT2D eigenvalue weighted by atomic mass is 16.5. The first-order valence-electron chi connectivity index (χ1n) is 7.14. The lowest BCUT2D eigenvalue weighted by Crippen LogP contribution is -2.42. The number of hydrogen-bond donors (Lipinski definition) is 1. The van der Waals surface area contributed by atoms with E-state index in [2.05, 4.69) is 5.32 Å². The van der Waals surface area contributed by atoms with Crippen LogP contribution in [0.3, 0.4) is 0 Å². The molecule has 108 valence electrons. The Balaban J connectivity index is 1.63. The molecule has 0 aliphatic carbocycles. The molecule has 0 bridgehead atoms. The second-order valence-corrected chi connectivity index (χ2v) is 5.17. The van der Waals surface area contributed by atoms with Crippen LogP contribution in [0.5, 0.6) is 5.75 Å². The molecule has 0 radical (unpaired) electrons. The molecule has 1 saturated heterocycles. The minimum Gasteiger partial charge on any atom is -0.491 e. The van der Waals surface area contributed by atoms with E-state index in [0.29, 0.717) is 32.7 Å². The van der Waals surface area contributed by atoms with Gasteiger partial charge in [-0.15, -0.1) is 0 Å². The van der Waals surface area contributed by atoms with Gasteiger partial charge in [0, 0.05) is 25.2 Å². The number of morpholine rings is 1. The molecule has 2 aliphatic heterocycles. The quantitative estimate of drug-likeness (QED) is 0.867. The third-order valence-corrected chi connectivity index (χ3v) is 3.71. The fourth-order valence-corrected chi connectivity index (χ4v) is 2.61. The summed E-state index contributed by atoms with van der Waals surface area (Å²) in [7, 11) is 0. The van der Waals surface area contributed by atoms with Gasteiger partial charge in [0.25, 0.3) is 0 Å². The number of benzene rings is 1. The predicted octanol–water partition coefficient (Wildman–Crippen LogP) is 0.786. The molecule has 5 nitrogen and oxygen atoms in total. The summed E-state index contributed by atoms with van der Waals surface area (Å²) in [5.74, 6) is 1.03. The Morgan fingerprint density at radius 2 is 2.25 bits per heavy atom. The number of hydrogen-bond acceptors (Lipinski definition) is 4. The van der Waals surface area contributed by atoms with Crippen LogP contribution < -0.4 is 10.1 Å². The lowest BCUT2D eigenvalue weighted by molar-refractivity contribution is -0.135. The number of ether oxygens (including phenoxy) is 2. The van der Waals surface area contributed by atoms with Crippen molar-refractivity contribution in [3.8, 4) is 5.75 Å². The standard InChI is InChI=1S/C15H20N2O3/c18-15(9-13-10-16-5-7-19-13)17-6-8-20-14-4-2-1-3-12(14)11-17/h1-4,13,16H,5-11H2. The monoisotopic (exact) mass is 276 g/mol. The van der Waals surface area contributed by atoms with Crippen molar-refractivity contribution in [3.63, 3.8) is 0 Å². The smallest absolute Gasteiger partial charge is 0.225 e. The van der Waals surface area contributed by atoms with Gasteiger partial charge in [0.1, 0.15) is 12.4 Å². The Morgan fingerprint density at radius 3 is 3.10 bits per heavy atom. The van der Waals surface area contributed by atoms with E-state index in [1.54, 1.807) is 0 Å². The molecule has 1 N–H and O–H groups in total. The van der Waals surface area contributed by atoms with Crippen molar-refractivity contribution in [3.05, 3.63) is 29.8 Å². The number of amides is 1. The maximum atomic E-state index is 12.4. The molecule has 1 aromatic rings. The molecular weight excluding hydrogens is 256 g/mol. The minimum absolute atomic E-state index is 0.00401. The normalized spacial score (nSPS) is 22.6. The zero-order chi connectivity index (χ0) is 13.8. The third-order valence-electron chi connectivity index (χ3n) is 3.71. The van der Waals surface area contributed by atoms with Gasteiger partial charge in [0.15, 0.2) is 0 Å². The second-order valence-electron chi connectivity index (χ2n) is 5.17. The summed E-state index contributed by atoms with van der Waals surface area (Å²) in [5, 5.41) is 3.25. The lowest BCUT2D eigenvalue weighted by Gasteiger charge is -2.26. The van der Waals surface area contributed by atoms with Crippen LogP contribution in [0.25, 0.3) is 0 Å². The van der Waals surface area contributed by atoms with Crippen molar-refractivity contribution >= 4 is 5.91 Å². The van der Waals surface area contributed by atoms with Gasteiger partial charge in [-0.25, -0.2) is 0 Å². The van der Waals surface area contributed by atoms with Gasteiger partial charge in [0.2, 0.25) is 5.91 Å². The molecule has 2 aliphatic rings. The van der Waals surface area contributed by atoms with Crippen molar-refractivity contribution in [2.75, 3.05) is 32.8 Å². The van der Waals surface area contributed by atoms with Crippen LogP contribution in [-0.4, -0.2) is 49.8 Å². The van der Waals surface area contributed by atoms with Crippen molar-refractivity contribution in [1.29, 1.82) is 0 Å². The van der Waals surface area contributed by atoms with Crippen LogP contribution in [0.15, 0.2) is 24.3 Å². The summed E-state index contributed by atoms with van der Waals surface area (Å²) >= 11 is 0. The van der Waals surface area contributed by atoms with Gasteiger partial charge in [-0.05, 0) is 6.07 Å². The summed E-state index contributed by atoms with van der Waals surface area (Å²) in [4.78, 5) is 14.3. The number of nitrogens with one attached hydrogen (secondary N) is 1. The zero-order valence-electron chi connectivity index (χ0n) is 11.5. The minimum atomic E-state index is -0.00401. The zero-order valence-corrected chi connectivity index (χ0v) is 11.5. The Bertz CT molecular complexity index is 472. The van der Waals surface area contributed by atoms with Gasteiger partial charge >= 0.3 is 0 Å². The van der Waals surface area contributed by atoms with Crippen molar-refractivity contribution < 1.29 is 14.3 Å². The molecule has 20 heavy (non-hydrogen) atoms. The molecule has 2 heterocycles. The van der Waals surface area contributed by atoms with Gasteiger partial charge < -0.3 is 19.7 Å². The molecule has 5 heteroatoms. The van der Waals surface area contributed by atoms with Crippen molar-refractivity contribution in [1.82, 2.24) is 10.2 Å². The molecule has 1 atom stereocenters. The highest BCUT2D eigenvalue weighted by Gasteiger charge is 2.23. The number of carbonyl (C=O) groups is 1. The summed E-state index contributed by atoms with van der Waals surface area (Å²) in [6.07, 6.45) is 0.436. The van der Waals surface area contributed by atoms with Crippen LogP contribution in [-0.2, 0) is 16.1 Å². The van der Waals surface area contributed by atoms with Crippen molar-refractivity contribution in [2.45, 2.75) is 19.1 Å². The highest BCUT2D eigenvalue weighted by molar-refractivity contribution is 5.77. The average Bonchev–Trinajstić information content (AvgIpc) is 2.70. The fraction of sp³-hybridized carbons (Fsp3) is 0.533. The maximum absolute atomic E-state index is 12.4. The van der Waals surface area contributed by atoms with E-state index in [1.807, 2.05) is 29.2 Å². The third kappa shape index (κ3) is 3.11. The molecule has 0 saturated carbocycles. The lowest BCUT2D eigenvalue weighted by atomic mass is 10.1. The largest absolute Gasteiger partial charge is 0.491 e. The van der Waals surface area contributed by atoms with Crippen LogP contribution >= 0.6 is 0 Å². The van der Waals surface area contributed by atoms with Crippen LogP contribution in [0.2, 0.25) is 0 Å². The fourth-order valence-electron chi connectivity index (χ4n) is 2.61. The molecule has 0 aromatic heterocycles. The number of carbonyl (C=O) groups excluding carboxylic acids is 1. The van der Waals surface area contributed by atoms with Gasteiger partial charge in [0.05, 0.1) is 25.7 Å². The maximum Gasteiger partial charge on any atom is 0.225 e.